The number of hydrogen-bond donors (Lipinski definition) is 1. The SMILES string of the molecule is Cc1cccc(NS(=O)(=O)c2cc(-c3nc(C)c(C)s3)sc2C)c1. The highest BCUT2D eigenvalue weighted by atomic mass is 32.2. The van der Waals surface area contributed by atoms with E-state index >= 15 is 0 Å². The number of benzene rings is 1. The molecule has 0 spiro atoms. The van der Waals surface area contributed by atoms with Crippen molar-refractivity contribution < 1.29 is 8.42 Å². The van der Waals surface area contributed by atoms with Crippen LogP contribution in [0.5, 0.6) is 0 Å². The van der Waals surface area contributed by atoms with E-state index in [0.717, 1.165) is 30.9 Å². The van der Waals surface area contributed by atoms with Crippen LogP contribution < -0.4 is 4.72 Å². The topological polar surface area (TPSA) is 59.1 Å². The number of rotatable bonds is 4. The summed E-state index contributed by atoms with van der Waals surface area (Å²) in [5.74, 6) is 0. The lowest BCUT2D eigenvalue weighted by Crippen LogP contribution is -2.13. The Morgan fingerprint density at radius 1 is 1.00 bits per heavy atom. The minimum Gasteiger partial charge on any atom is -0.280 e. The maximum atomic E-state index is 12.7. The van der Waals surface area contributed by atoms with Gasteiger partial charge in [-0.3, -0.25) is 4.72 Å². The van der Waals surface area contributed by atoms with Crippen molar-refractivity contribution in [2.75, 3.05) is 4.72 Å². The molecule has 126 valence electrons. The van der Waals surface area contributed by atoms with E-state index in [4.69, 9.17) is 0 Å². The number of nitrogens with one attached hydrogen (secondary N) is 1. The highest BCUT2D eigenvalue weighted by Crippen LogP contribution is 2.37. The molecule has 2 heterocycles. The number of nitrogens with zero attached hydrogens (tertiary/aromatic N) is 1. The van der Waals surface area contributed by atoms with Gasteiger partial charge in [-0.05, 0) is 51.5 Å². The molecule has 24 heavy (non-hydrogen) atoms. The first-order valence-corrected chi connectivity index (χ1v) is 10.5. The summed E-state index contributed by atoms with van der Waals surface area (Å²) in [7, 11) is -3.61. The molecule has 0 aliphatic heterocycles. The molecule has 1 N–H and O–H groups in total. The van der Waals surface area contributed by atoms with Gasteiger partial charge in [-0.2, -0.15) is 0 Å². The molecule has 0 saturated heterocycles. The van der Waals surface area contributed by atoms with E-state index in [1.807, 2.05) is 45.9 Å². The van der Waals surface area contributed by atoms with Gasteiger partial charge in [0.25, 0.3) is 10.0 Å². The molecule has 7 heteroatoms. The summed E-state index contributed by atoms with van der Waals surface area (Å²) < 4.78 is 28.1. The Hall–Kier alpha value is -1.70. The summed E-state index contributed by atoms with van der Waals surface area (Å²) >= 11 is 3.05. The fraction of sp³-hybridized carbons (Fsp3) is 0.235. The van der Waals surface area contributed by atoms with Crippen molar-refractivity contribution in [1.82, 2.24) is 4.98 Å². The quantitative estimate of drug-likeness (QED) is 0.702. The molecule has 0 unspecified atom stereocenters. The fourth-order valence-electron chi connectivity index (χ4n) is 2.33. The fourth-order valence-corrected chi connectivity index (χ4v) is 5.94. The molecule has 1 aromatic carbocycles. The van der Waals surface area contributed by atoms with Gasteiger partial charge >= 0.3 is 0 Å². The molecule has 0 saturated carbocycles. The van der Waals surface area contributed by atoms with Gasteiger partial charge in [-0.1, -0.05) is 12.1 Å². The molecule has 0 bridgehead atoms. The number of thiazole rings is 1. The molecule has 4 nitrogen and oxygen atoms in total. The van der Waals surface area contributed by atoms with Crippen LogP contribution in [0.1, 0.15) is 21.0 Å². The molecule has 0 atom stereocenters. The van der Waals surface area contributed by atoms with E-state index in [2.05, 4.69) is 9.71 Å². The molecule has 2 aromatic heterocycles. The third-order valence-electron chi connectivity index (χ3n) is 3.67. The van der Waals surface area contributed by atoms with Crippen LogP contribution in [0.3, 0.4) is 0 Å². The summed E-state index contributed by atoms with van der Waals surface area (Å²) in [4.78, 5) is 7.64. The minimum absolute atomic E-state index is 0.314. The predicted octanol–water partition coefficient (Wildman–Crippen LogP) is 4.91. The van der Waals surface area contributed by atoms with Crippen molar-refractivity contribution in [2.45, 2.75) is 32.6 Å². The normalized spacial score (nSPS) is 11.7. The first-order valence-electron chi connectivity index (χ1n) is 7.40. The van der Waals surface area contributed by atoms with Crippen LogP contribution in [-0.4, -0.2) is 13.4 Å². The molecule has 0 amide bonds. The van der Waals surface area contributed by atoms with Gasteiger partial charge in [0.15, 0.2) is 0 Å². The Balaban J connectivity index is 1.96. The number of anilines is 1. The monoisotopic (exact) mass is 378 g/mol. The molecular formula is C17H18N2O2S3. The zero-order valence-electron chi connectivity index (χ0n) is 13.9. The summed E-state index contributed by atoms with van der Waals surface area (Å²) in [5.41, 5.74) is 2.57. The lowest BCUT2D eigenvalue weighted by Gasteiger charge is -2.08. The molecule has 0 radical (unpaired) electrons. The average Bonchev–Trinajstić information content (AvgIpc) is 3.03. The van der Waals surface area contributed by atoms with Crippen LogP contribution in [0.4, 0.5) is 5.69 Å². The maximum absolute atomic E-state index is 12.7. The Morgan fingerprint density at radius 2 is 1.75 bits per heavy atom. The van der Waals surface area contributed by atoms with E-state index < -0.39 is 10.0 Å². The van der Waals surface area contributed by atoms with Crippen LogP contribution in [-0.2, 0) is 10.0 Å². The summed E-state index contributed by atoms with van der Waals surface area (Å²) in [6.07, 6.45) is 0. The van der Waals surface area contributed by atoms with Crippen molar-refractivity contribution in [3.63, 3.8) is 0 Å². The van der Waals surface area contributed by atoms with Crippen LogP contribution in [0.2, 0.25) is 0 Å². The average molecular weight is 379 g/mol. The lowest BCUT2D eigenvalue weighted by atomic mass is 10.2. The van der Waals surface area contributed by atoms with Gasteiger partial charge in [-0.15, -0.1) is 22.7 Å². The summed E-state index contributed by atoms with van der Waals surface area (Å²) in [6, 6.07) is 9.04. The van der Waals surface area contributed by atoms with Gasteiger partial charge in [0.1, 0.15) is 9.90 Å². The van der Waals surface area contributed by atoms with Gasteiger partial charge in [0.2, 0.25) is 0 Å². The van der Waals surface area contributed by atoms with E-state index in [1.165, 1.54) is 11.3 Å². The largest absolute Gasteiger partial charge is 0.280 e. The Morgan fingerprint density at radius 3 is 2.38 bits per heavy atom. The molecule has 0 aliphatic rings. The van der Waals surface area contributed by atoms with Crippen LogP contribution in [0, 0.1) is 27.7 Å². The Bertz CT molecular complexity index is 981. The third-order valence-corrected chi connectivity index (χ3v) is 7.60. The van der Waals surface area contributed by atoms with Crippen molar-refractivity contribution in [1.29, 1.82) is 0 Å². The first kappa shape index (κ1) is 17.1. The van der Waals surface area contributed by atoms with Gasteiger partial charge in [-0.25, -0.2) is 13.4 Å². The molecule has 3 aromatic rings. The number of aromatic nitrogens is 1. The van der Waals surface area contributed by atoms with Gasteiger partial charge in [0, 0.05) is 15.4 Å². The van der Waals surface area contributed by atoms with E-state index in [1.54, 1.807) is 23.5 Å². The summed E-state index contributed by atoms with van der Waals surface area (Å²) in [5, 5.41) is 0.870. The zero-order valence-corrected chi connectivity index (χ0v) is 16.3. The second-order valence-electron chi connectivity index (χ2n) is 5.67. The third kappa shape index (κ3) is 3.38. The van der Waals surface area contributed by atoms with Crippen molar-refractivity contribution in [3.8, 4) is 9.88 Å². The van der Waals surface area contributed by atoms with Crippen LogP contribution in [0.25, 0.3) is 9.88 Å². The number of sulfonamides is 1. The van der Waals surface area contributed by atoms with E-state index in [-0.39, 0.29) is 0 Å². The first-order chi connectivity index (χ1) is 11.3. The lowest BCUT2D eigenvalue weighted by molar-refractivity contribution is 0.601. The van der Waals surface area contributed by atoms with Crippen LogP contribution >= 0.6 is 22.7 Å². The minimum atomic E-state index is -3.61. The van der Waals surface area contributed by atoms with Crippen LogP contribution in [0.15, 0.2) is 35.2 Å². The molecule has 0 aliphatic carbocycles. The molecule has 0 fully saturated rings. The van der Waals surface area contributed by atoms with Crippen molar-refractivity contribution in [3.05, 3.63) is 51.3 Å². The van der Waals surface area contributed by atoms with Crippen molar-refractivity contribution >= 4 is 38.4 Å². The number of aryl methyl sites for hydroxylation is 4. The second-order valence-corrected chi connectivity index (χ2v) is 9.78. The van der Waals surface area contributed by atoms with Gasteiger partial charge < -0.3 is 0 Å². The molecular weight excluding hydrogens is 360 g/mol. The molecule has 3 rings (SSSR count). The Labute approximate surface area is 150 Å². The summed E-state index contributed by atoms with van der Waals surface area (Å²) in [6.45, 7) is 7.74. The van der Waals surface area contributed by atoms with E-state index in [9.17, 15) is 8.42 Å². The smallest absolute Gasteiger partial charge is 0.263 e. The highest BCUT2D eigenvalue weighted by Gasteiger charge is 2.22. The Kier molecular flexibility index (Phi) is 4.50. The zero-order chi connectivity index (χ0) is 17.5. The highest BCUT2D eigenvalue weighted by molar-refractivity contribution is 7.93. The van der Waals surface area contributed by atoms with Gasteiger partial charge in [0.05, 0.1) is 10.6 Å². The standard InChI is InChI=1S/C17H18N2O2S3/c1-10-6-5-7-14(8-10)19-24(20,21)16-9-15(22-13(16)4)17-18-11(2)12(3)23-17/h5-9,19H,1-4H3. The number of thiophene rings is 1. The second kappa shape index (κ2) is 6.31. The van der Waals surface area contributed by atoms with Crippen molar-refractivity contribution in [2.24, 2.45) is 0 Å². The predicted molar refractivity (Wildman–Crippen MR) is 102 cm³/mol. The van der Waals surface area contributed by atoms with E-state index in [0.29, 0.717) is 10.6 Å². The number of hydrogen-bond acceptors (Lipinski definition) is 5. The maximum Gasteiger partial charge on any atom is 0.263 e.